The van der Waals surface area contributed by atoms with Crippen LogP contribution in [0.1, 0.15) is 29.5 Å². The third-order valence-electron chi connectivity index (χ3n) is 3.90. The second-order valence-electron chi connectivity index (χ2n) is 5.42. The maximum absolute atomic E-state index is 13.6. The number of hydrogen-bond donors (Lipinski definition) is 1. The van der Waals surface area contributed by atoms with Crippen molar-refractivity contribution in [1.82, 2.24) is 9.55 Å². The maximum Gasteiger partial charge on any atom is 0.126 e. The number of imidazole rings is 1. The van der Waals surface area contributed by atoms with Crippen LogP contribution in [-0.2, 0) is 6.54 Å². The Bertz CT molecular complexity index is 663. The molecule has 2 heterocycles. The van der Waals surface area contributed by atoms with Crippen molar-refractivity contribution < 1.29 is 8.78 Å². The molecule has 1 aromatic heterocycles. The first-order valence-electron chi connectivity index (χ1n) is 6.70. The van der Waals surface area contributed by atoms with Gasteiger partial charge in [-0.2, -0.15) is 0 Å². The Balaban J connectivity index is 2.11. The van der Waals surface area contributed by atoms with Crippen LogP contribution in [0.25, 0.3) is 11.3 Å². The summed E-state index contributed by atoms with van der Waals surface area (Å²) in [5.41, 5.74) is 9.01. The number of aryl methyl sites for hydroxylation is 1. The molecular weight excluding hydrogens is 260 g/mol. The molecule has 0 spiro atoms. The molecule has 0 amide bonds. The Morgan fingerprint density at radius 3 is 2.80 bits per heavy atom. The summed E-state index contributed by atoms with van der Waals surface area (Å²) < 4.78 is 28.8. The number of nitrogens with two attached hydrogens (primary N) is 1. The molecule has 0 saturated carbocycles. The standard InChI is InChI=1S/C15H17F2N3/c1-8-5-10(3-4-12(8)17)14-9(2)20-7-11(16)6-13(18)15(20)19-14/h3-5,11,13H,6-7,18H2,1-2H3. The van der Waals surface area contributed by atoms with Crippen LogP contribution in [0.2, 0.25) is 0 Å². The van der Waals surface area contributed by atoms with E-state index in [0.717, 1.165) is 17.0 Å². The van der Waals surface area contributed by atoms with E-state index in [9.17, 15) is 8.78 Å². The van der Waals surface area contributed by atoms with Gasteiger partial charge >= 0.3 is 0 Å². The summed E-state index contributed by atoms with van der Waals surface area (Å²) >= 11 is 0. The van der Waals surface area contributed by atoms with Crippen molar-refractivity contribution >= 4 is 0 Å². The van der Waals surface area contributed by atoms with E-state index in [-0.39, 0.29) is 11.9 Å². The van der Waals surface area contributed by atoms with Gasteiger partial charge in [0.15, 0.2) is 0 Å². The summed E-state index contributed by atoms with van der Waals surface area (Å²) in [5, 5.41) is 0. The number of alkyl halides is 1. The van der Waals surface area contributed by atoms with E-state index in [1.54, 1.807) is 19.1 Å². The fourth-order valence-corrected chi connectivity index (χ4v) is 2.79. The van der Waals surface area contributed by atoms with Gasteiger partial charge in [-0.25, -0.2) is 13.8 Å². The van der Waals surface area contributed by atoms with E-state index in [0.29, 0.717) is 24.4 Å². The highest BCUT2D eigenvalue weighted by atomic mass is 19.1. The Kier molecular flexibility index (Phi) is 3.09. The van der Waals surface area contributed by atoms with E-state index >= 15 is 0 Å². The minimum absolute atomic E-state index is 0.240. The second-order valence-corrected chi connectivity index (χ2v) is 5.42. The number of rotatable bonds is 1. The van der Waals surface area contributed by atoms with Gasteiger partial charge in [0, 0.05) is 17.7 Å². The van der Waals surface area contributed by atoms with Crippen LogP contribution in [0, 0.1) is 19.7 Å². The zero-order chi connectivity index (χ0) is 14.4. The van der Waals surface area contributed by atoms with E-state index < -0.39 is 6.17 Å². The smallest absolute Gasteiger partial charge is 0.126 e. The largest absolute Gasteiger partial charge is 0.327 e. The van der Waals surface area contributed by atoms with Crippen molar-refractivity contribution in [3.63, 3.8) is 0 Å². The van der Waals surface area contributed by atoms with Crippen LogP contribution in [0.3, 0.4) is 0 Å². The maximum atomic E-state index is 13.6. The number of nitrogens with zero attached hydrogens (tertiary/aromatic N) is 2. The lowest BCUT2D eigenvalue weighted by atomic mass is 10.1. The predicted octanol–water partition coefficient (Wildman–Crippen LogP) is 3.05. The van der Waals surface area contributed by atoms with Gasteiger partial charge in [-0.05, 0) is 37.6 Å². The zero-order valence-corrected chi connectivity index (χ0v) is 11.5. The predicted molar refractivity (Wildman–Crippen MR) is 73.5 cm³/mol. The van der Waals surface area contributed by atoms with Gasteiger partial charge in [0.05, 0.1) is 18.3 Å². The van der Waals surface area contributed by atoms with Crippen LogP contribution in [0.15, 0.2) is 18.2 Å². The zero-order valence-electron chi connectivity index (χ0n) is 11.5. The average Bonchev–Trinajstić information content (AvgIpc) is 2.71. The van der Waals surface area contributed by atoms with Crippen molar-refractivity contribution in [3.05, 3.63) is 41.1 Å². The van der Waals surface area contributed by atoms with Gasteiger partial charge in [0.1, 0.15) is 17.8 Å². The Hall–Kier alpha value is -1.75. The highest BCUT2D eigenvalue weighted by Crippen LogP contribution is 2.32. The molecule has 2 N–H and O–H groups in total. The minimum Gasteiger partial charge on any atom is -0.327 e. The monoisotopic (exact) mass is 277 g/mol. The molecule has 0 radical (unpaired) electrons. The Morgan fingerprint density at radius 2 is 2.10 bits per heavy atom. The van der Waals surface area contributed by atoms with Crippen LogP contribution in [0.4, 0.5) is 8.78 Å². The fourth-order valence-electron chi connectivity index (χ4n) is 2.79. The molecule has 3 nitrogen and oxygen atoms in total. The van der Waals surface area contributed by atoms with E-state index in [2.05, 4.69) is 4.98 Å². The summed E-state index contributed by atoms with van der Waals surface area (Å²) in [5.74, 6) is 0.476. The van der Waals surface area contributed by atoms with Gasteiger partial charge in [-0.3, -0.25) is 0 Å². The molecule has 2 unspecified atom stereocenters. The SMILES string of the molecule is Cc1cc(-c2nc3n(c2C)CC(F)CC3N)ccc1F. The second kappa shape index (κ2) is 4.66. The molecule has 20 heavy (non-hydrogen) atoms. The van der Waals surface area contributed by atoms with E-state index in [4.69, 9.17) is 5.73 Å². The molecule has 0 aliphatic carbocycles. The third-order valence-corrected chi connectivity index (χ3v) is 3.90. The average molecular weight is 277 g/mol. The lowest BCUT2D eigenvalue weighted by Crippen LogP contribution is -2.30. The summed E-state index contributed by atoms with van der Waals surface area (Å²) in [4.78, 5) is 4.56. The molecule has 3 rings (SSSR count). The molecule has 1 aliphatic rings. The van der Waals surface area contributed by atoms with Crippen molar-refractivity contribution in [3.8, 4) is 11.3 Å². The third kappa shape index (κ3) is 2.02. The first kappa shape index (κ1) is 13.2. The fraction of sp³-hybridized carbons (Fsp3) is 0.400. The normalized spacial score (nSPS) is 21.9. The minimum atomic E-state index is -0.937. The Morgan fingerprint density at radius 1 is 1.35 bits per heavy atom. The molecule has 106 valence electrons. The van der Waals surface area contributed by atoms with Crippen LogP contribution >= 0.6 is 0 Å². The molecule has 2 atom stereocenters. The highest BCUT2D eigenvalue weighted by molar-refractivity contribution is 5.63. The van der Waals surface area contributed by atoms with E-state index in [1.807, 2.05) is 11.5 Å². The summed E-state index contributed by atoms with van der Waals surface area (Å²) in [6.07, 6.45) is -0.633. The van der Waals surface area contributed by atoms with Gasteiger partial charge < -0.3 is 10.3 Å². The summed E-state index contributed by atoms with van der Waals surface area (Å²) in [7, 11) is 0. The first-order valence-corrected chi connectivity index (χ1v) is 6.70. The van der Waals surface area contributed by atoms with Crippen LogP contribution < -0.4 is 5.73 Å². The molecule has 1 aliphatic heterocycles. The number of hydrogen-bond acceptors (Lipinski definition) is 2. The number of fused-ring (bicyclic) bond motifs is 1. The Labute approximate surface area is 116 Å². The molecule has 0 fully saturated rings. The summed E-state index contributed by atoms with van der Waals surface area (Å²) in [6, 6.07) is 4.50. The van der Waals surface area contributed by atoms with Crippen molar-refractivity contribution in [2.75, 3.05) is 0 Å². The van der Waals surface area contributed by atoms with Gasteiger partial charge in [-0.15, -0.1) is 0 Å². The lowest BCUT2D eigenvalue weighted by Gasteiger charge is -2.23. The number of aromatic nitrogens is 2. The summed E-state index contributed by atoms with van der Waals surface area (Å²) in [6.45, 7) is 3.91. The van der Waals surface area contributed by atoms with Crippen LogP contribution in [-0.4, -0.2) is 15.7 Å². The first-order chi connectivity index (χ1) is 9.47. The van der Waals surface area contributed by atoms with Crippen molar-refractivity contribution in [1.29, 1.82) is 0 Å². The van der Waals surface area contributed by atoms with Crippen molar-refractivity contribution in [2.45, 2.75) is 39.0 Å². The van der Waals surface area contributed by atoms with Crippen molar-refractivity contribution in [2.24, 2.45) is 5.73 Å². The molecule has 2 aromatic rings. The topological polar surface area (TPSA) is 43.8 Å². The van der Waals surface area contributed by atoms with E-state index in [1.165, 1.54) is 6.07 Å². The number of halogens is 2. The molecule has 5 heteroatoms. The highest BCUT2D eigenvalue weighted by Gasteiger charge is 2.28. The molecular formula is C15H17F2N3. The molecule has 0 bridgehead atoms. The molecule has 0 saturated heterocycles. The van der Waals surface area contributed by atoms with Crippen LogP contribution in [0.5, 0.6) is 0 Å². The quantitative estimate of drug-likeness (QED) is 0.870. The number of benzene rings is 1. The molecule has 1 aromatic carbocycles. The van der Waals surface area contributed by atoms with Gasteiger partial charge in [-0.1, -0.05) is 0 Å². The van der Waals surface area contributed by atoms with Gasteiger partial charge in [0.2, 0.25) is 0 Å². The van der Waals surface area contributed by atoms with Gasteiger partial charge in [0.25, 0.3) is 0 Å². The lowest BCUT2D eigenvalue weighted by molar-refractivity contribution is 0.229.